The van der Waals surface area contributed by atoms with Gasteiger partial charge in [-0.1, -0.05) is 41.4 Å². The van der Waals surface area contributed by atoms with Gasteiger partial charge in [0.15, 0.2) is 23.9 Å². The summed E-state index contributed by atoms with van der Waals surface area (Å²) in [5, 5.41) is 0.442. The van der Waals surface area contributed by atoms with E-state index in [1.165, 1.54) is 54.9 Å². The Kier molecular flexibility index (Phi) is 11.7. The molecule has 0 spiro atoms. The van der Waals surface area contributed by atoms with Crippen LogP contribution in [-0.2, 0) is 42.5 Å². The van der Waals surface area contributed by atoms with Gasteiger partial charge in [0.2, 0.25) is 10.0 Å². The fraction of sp³-hybridized carbons (Fsp3) is 0.379. The summed E-state index contributed by atoms with van der Waals surface area (Å²) in [5.41, 5.74) is 1.15. The summed E-state index contributed by atoms with van der Waals surface area (Å²) in [6, 6.07) is 8.29. The van der Waals surface area contributed by atoms with Crippen LogP contribution in [0.4, 0.5) is 8.78 Å². The van der Waals surface area contributed by atoms with Crippen molar-refractivity contribution in [3.63, 3.8) is 0 Å². The number of carbonyl (C=O) groups excluding carboxylic acids is 1. The first-order chi connectivity index (χ1) is 21.6. The van der Waals surface area contributed by atoms with Crippen molar-refractivity contribution < 1.29 is 53.8 Å². The molecule has 17 heteroatoms. The van der Waals surface area contributed by atoms with Crippen LogP contribution in [0.5, 0.6) is 17.2 Å². The summed E-state index contributed by atoms with van der Waals surface area (Å²) < 4.78 is 97.1. The Morgan fingerprint density at radius 1 is 0.978 bits per heavy atom. The number of ether oxygens (including phenoxy) is 3. The number of H-pyrrole nitrogens is 1. The number of aromatic nitrogens is 1. The summed E-state index contributed by atoms with van der Waals surface area (Å²) in [6.45, 7) is -2.84. The number of carbonyl (C=O) groups is 1. The van der Waals surface area contributed by atoms with E-state index in [4.69, 9.17) is 36.9 Å². The number of nitrogens with one attached hydrogen (secondary N) is 2. The predicted octanol–water partition coefficient (Wildman–Crippen LogP) is 4.52. The molecule has 0 bridgehead atoms. The number of halogens is 4. The van der Waals surface area contributed by atoms with E-state index in [1.807, 2.05) is 0 Å². The highest BCUT2D eigenvalue weighted by Gasteiger charge is 2.30. The fourth-order valence-electron chi connectivity index (χ4n) is 4.35. The first-order valence-corrected chi connectivity index (χ1v) is 18.2. The van der Waals surface area contributed by atoms with Crippen LogP contribution in [0.25, 0.3) is 0 Å². The number of aromatic amines is 1. The van der Waals surface area contributed by atoms with Crippen molar-refractivity contribution in [1.29, 1.82) is 0 Å². The SMILES string of the molecule is CS(=O)(=O)N[C@@H](Cc1ccc(OS(C)(=O)=O)cc1)C(=O)O[C@@H](Cc1c(Cl)c[nH+]cc1Cl)c1ccc(OC(F)F)c(OCC2CC2)c1. The van der Waals surface area contributed by atoms with Crippen LogP contribution in [0.2, 0.25) is 10.0 Å². The van der Waals surface area contributed by atoms with E-state index in [-0.39, 0.29) is 52.7 Å². The highest BCUT2D eigenvalue weighted by Crippen LogP contribution is 2.38. The monoisotopic (exact) mass is 723 g/mol. The Morgan fingerprint density at radius 2 is 1.63 bits per heavy atom. The molecule has 0 radical (unpaired) electrons. The van der Waals surface area contributed by atoms with Gasteiger partial charge in [-0.3, -0.25) is 4.79 Å². The summed E-state index contributed by atoms with van der Waals surface area (Å²) >= 11 is 12.8. The third-order valence-electron chi connectivity index (χ3n) is 6.62. The van der Waals surface area contributed by atoms with Gasteiger partial charge in [-0.2, -0.15) is 17.2 Å². The van der Waals surface area contributed by atoms with Crippen LogP contribution < -0.4 is 23.4 Å². The lowest BCUT2D eigenvalue weighted by molar-refractivity contribution is -0.377. The summed E-state index contributed by atoms with van der Waals surface area (Å²) in [7, 11) is -7.72. The van der Waals surface area contributed by atoms with Crippen LogP contribution >= 0.6 is 23.2 Å². The Bertz CT molecular complexity index is 1740. The zero-order chi connectivity index (χ0) is 33.6. The van der Waals surface area contributed by atoms with Gasteiger partial charge >= 0.3 is 22.7 Å². The maximum absolute atomic E-state index is 13.7. The van der Waals surface area contributed by atoms with E-state index in [0.29, 0.717) is 16.7 Å². The van der Waals surface area contributed by atoms with E-state index in [2.05, 4.69) is 14.4 Å². The average Bonchev–Trinajstić information content (AvgIpc) is 3.77. The van der Waals surface area contributed by atoms with Crippen molar-refractivity contribution in [2.24, 2.45) is 5.92 Å². The van der Waals surface area contributed by atoms with Gasteiger partial charge in [-0.05, 0) is 60.6 Å². The molecular formula is C29H31Cl2F2N2O9S2+. The van der Waals surface area contributed by atoms with Crippen molar-refractivity contribution in [2.75, 3.05) is 19.1 Å². The number of rotatable bonds is 16. The van der Waals surface area contributed by atoms with Crippen LogP contribution in [0.1, 0.15) is 35.6 Å². The maximum atomic E-state index is 13.7. The molecule has 2 atom stereocenters. The molecule has 0 saturated heterocycles. The second kappa shape index (κ2) is 15.1. The molecule has 11 nitrogen and oxygen atoms in total. The molecule has 0 amide bonds. The average molecular weight is 725 g/mol. The number of sulfonamides is 1. The van der Waals surface area contributed by atoms with Gasteiger partial charge in [-0.25, -0.2) is 18.1 Å². The topological polar surface area (TPSA) is 148 Å². The van der Waals surface area contributed by atoms with Crippen molar-refractivity contribution in [3.8, 4) is 17.2 Å². The quantitative estimate of drug-likeness (QED) is 0.166. The van der Waals surface area contributed by atoms with Crippen molar-refractivity contribution in [2.45, 2.75) is 44.4 Å². The van der Waals surface area contributed by atoms with Crippen LogP contribution in [0.3, 0.4) is 0 Å². The van der Waals surface area contributed by atoms with E-state index in [9.17, 15) is 30.4 Å². The number of pyridine rings is 1. The second-order valence-electron chi connectivity index (χ2n) is 10.7. The Morgan fingerprint density at radius 3 is 2.20 bits per heavy atom. The van der Waals surface area contributed by atoms with E-state index < -0.39 is 44.9 Å². The fourth-order valence-corrected chi connectivity index (χ4v) is 6.04. The van der Waals surface area contributed by atoms with Crippen LogP contribution in [0, 0.1) is 5.92 Å². The molecule has 1 heterocycles. The third-order valence-corrected chi connectivity index (χ3v) is 8.51. The molecule has 2 aromatic carbocycles. The standard InChI is InChI=1S/C29H30Cl2F2N2O9S2/c1-45(37,38)35-24(11-17-5-8-20(9-6-17)44-46(2,39)40)28(36)42-26(13-21-22(30)14-34-15-23(21)31)19-7-10-25(43-29(32)33)27(12-19)41-16-18-3-4-18/h5-10,12,14-15,18,24,26,29,35H,3-4,11,13,16H2,1-2H3/p+1/t24-,26-/m0/s1. The van der Waals surface area contributed by atoms with E-state index in [0.717, 1.165) is 25.4 Å². The first-order valence-electron chi connectivity index (χ1n) is 13.8. The summed E-state index contributed by atoms with van der Waals surface area (Å²) in [5.74, 6) is -0.879. The molecule has 0 unspecified atom stereocenters. The van der Waals surface area contributed by atoms with Crippen molar-refractivity contribution >= 4 is 49.3 Å². The molecule has 1 aromatic heterocycles. The molecule has 3 aromatic rings. The van der Waals surface area contributed by atoms with Crippen molar-refractivity contribution in [1.82, 2.24) is 4.72 Å². The largest absolute Gasteiger partial charge is 0.489 e. The lowest BCUT2D eigenvalue weighted by Gasteiger charge is -2.24. The minimum atomic E-state index is -3.94. The van der Waals surface area contributed by atoms with E-state index >= 15 is 0 Å². The Hall–Kier alpha value is -3.24. The first kappa shape index (κ1) is 35.6. The predicted molar refractivity (Wildman–Crippen MR) is 164 cm³/mol. The second-order valence-corrected chi connectivity index (χ2v) is 14.8. The molecule has 1 fully saturated rings. The van der Waals surface area contributed by atoms with Gasteiger partial charge in [0, 0.05) is 12.0 Å². The third kappa shape index (κ3) is 11.2. The number of hydrogen-bond acceptors (Lipinski definition) is 9. The van der Waals surface area contributed by atoms with Crippen LogP contribution in [0.15, 0.2) is 54.9 Å². The molecule has 0 aliphatic heterocycles. The number of hydrogen-bond donors (Lipinski definition) is 1. The molecule has 1 saturated carbocycles. The molecule has 1 aliphatic rings. The highest BCUT2D eigenvalue weighted by atomic mass is 35.5. The van der Waals surface area contributed by atoms with Crippen LogP contribution in [-0.4, -0.2) is 54.6 Å². The van der Waals surface area contributed by atoms with Gasteiger partial charge in [0.05, 0.1) is 19.1 Å². The smallest absolute Gasteiger partial charge is 0.387 e. The molecule has 4 rings (SSSR count). The molecular weight excluding hydrogens is 693 g/mol. The normalized spacial score (nSPS) is 14.8. The molecule has 46 heavy (non-hydrogen) atoms. The van der Waals surface area contributed by atoms with Crippen molar-refractivity contribution in [3.05, 3.63) is 81.6 Å². The highest BCUT2D eigenvalue weighted by molar-refractivity contribution is 7.88. The molecule has 2 N–H and O–H groups in total. The lowest BCUT2D eigenvalue weighted by atomic mass is 10.0. The van der Waals surface area contributed by atoms with Gasteiger partial charge in [0.1, 0.15) is 27.9 Å². The Labute approximate surface area is 275 Å². The number of esters is 1. The van der Waals surface area contributed by atoms with Gasteiger partial charge in [0.25, 0.3) is 0 Å². The number of benzene rings is 2. The van der Waals surface area contributed by atoms with E-state index in [1.54, 1.807) is 0 Å². The summed E-state index contributed by atoms with van der Waals surface area (Å²) in [6.07, 6.45) is 5.16. The molecule has 250 valence electrons. The minimum absolute atomic E-state index is 0.00607. The minimum Gasteiger partial charge on any atom is -0.489 e. The lowest BCUT2D eigenvalue weighted by Crippen LogP contribution is -2.43. The zero-order valence-electron chi connectivity index (χ0n) is 24.5. The zero-order valence-corrected chi connectivity index (χ0v) is 27.7. The molecule has 1 aliphatic carbocycles. The number of alkyl halides is 2. The van der Waals surface area contributed by atoms with Gasteiger partial charge in [-0.15, -0.1) is 0 Å². The Balaban J connectivity index is 1.67. The summed E-state index contributed by atoms with van der Waals surface area (Å²) in [4.78, 5) is 16.4. The van der Waals surface area contributed by atoms with Gasteiger partial charge < -0.3 is 18.4 Å². The maximum Gasteiger partial charge on any atom is 0.387 e.